The first-order chi connectivity index (χ1) is 26.7. The van der Waals surface area contributed by atoms with Crippen LogP contribution in [0.2, 0.25) is 0 Å². The summed E-state index contributed by atoms with van der Waals surface area (Å²) >= 11 is 0. The molecule has 252 valence electrons. The van der Waals surface area contributed by atoms with Crippen molar-refractivity contribution in [3.8, 4) is 11.3 Å². The fourth-order valence-electron chi connectivity index (χ4n) is 8.86. The third kappa shape index (κ3) is 4.34. The largest absolute Gasteiger partial charge is 0.309 e. The van der Waals surface area contributed by atoms with E-state index in [2.05, 4.69) is 115 Å². The molecule has 0 fully saturated rings. The van der Waals surface area contributed by atoms with Crippen molar-refractivity contribution in [3.63, 3.8) is 0 Å². The van der Waals surface area contributed by atoms with Crippen molar-refractivity contribution in [2.24, 2.45) is 0 Å². The van der Waals surface area contributed by atoms with Gasteiger partial charge in [-0.05, 0) is 55.2 Å². The smallest absolute Gasteiger partial charge is 0.172 e. The highest BCUT2D eigenvalue weighted by Crippen LogP contribution is 2.51. The Morgan fingerprint density at radius 1 is 0.389 bits per heavy atom. The van der Waals surface area contributed by atoms with Crippen LogP contribution in [0, 0.1) is 0 Å². The van der Waals surface area contributed by atoms with Crippen molar-refractivity contribution >= 4 is 98.7 Å². The number of hydrogen-bond donors (Lipinski definition) is 0. The van der Waals surface area contributed by atoms with Gasteiger partial charge >= 0.3 is 0 Å². The topological polar surface area (TPSA) is 42.9 Å². The Balaban J connectivity index is 1.40. The molecule has 11 aromatic rings. The molecule has 2 heterocycles. The summed E-state index contributed by atoms with van der Waals surface area (Å²) in [4.78, 5) is 10.7. The van der Waals surface area contributed by atoms with Crippen LogP contribution in [0.25, 0.3) is 86.9 Å². The van der Waals surface area contributed by atoms with E-state index < -0.39 is 7.14 Å². The summed E-state index contributed by atoms with van der Waals surface area (Å²) in [7, 11) is -3.39. The minimum Gasteiger partial charge on any atom is -0.309 e. The van der Waals surface area contributed by atoms with Crippen molar-refractivity contribution in [2.75, 3.05) is 0 Å². The second-order valence-electron chi connectivity index (χ2n) is 13.9. The average molecular weight is 707 g/mol. The molecule has 0 N–H and O–H groups in total. The number of rotatable bonds is 4. The third-order valence-corrected chi connectivity index (χ3v) is 14.3. The fourth-order valence-corrected chi connectivity index (χ4v) is 11.9. The molecule has 0 unspecified atom stereocenters. The highest BCUT2D eigenvalue weighted by Gasteiger charge is 2.34. The van der Waals surface area contributed by atoms with Gasteiger partial charge < -0.3 is 4.57 Å². The molecule has 0 bridgehead atoms. The summed E-state index contributed by atoms with van der Waals surface area (Å²) in [5.41, 5.74) is 3.77. The summed E-state index contributed by atoms with van der Waals surface area (Å²) in [5, 5.41) is 15.5. The van der Waals surface area contributed by atoms with E-state index in [9.17, 15) is 0 Å². The van der Waals surface area contributed by atoms with Crippen LogP contribution in [-0.2, 0) is 4.57 Å². The molecular weight excluding hydrogens is 676 g/mol. The maximum Gasteiger partial charge on any atom is 0.172 e. The maximum atomic E-state index is 16.3. The molecule has 0 saturated heterocycles. The van der Waals surface area contributed by atoms with Crippen LogP contribution in [0.3, 0.4) is 0 Å². The number of pyridine rings is 2. The van der Waals surface area contributed by atoms with Gasteiger partial charge in [-0.3, -0.25) is 4.98 Å². The number of hydrogen-bond acceptors (Lipinski definition) is 3. The van der Waals surface area contributed by atoms with Gasteiger partial charge in [0.15, 0.2) is 7.14 Å². The van der Waals surface area contributed by atoms with Crippen LogP contribution in [0.15, 0.2) is 188 Å². The van der Waals surface area contributed by atoms with E-state index in [1.54, 1.807) is 0 Å². The Hall–Kier alpha value is -6.67. The van der Waals surface area contributed by atoms with Gasteiger partial charge in [0.2, 0.25) is 0 Å². The van der Waals surface area contributed by atoms with Gasteiger partial charge in [-0.1, -0.05) is 170 Å². The number of benzene rings is 9. The zero-order valence-corrected chi connectivity index (χ0v) is 30.0. The summed E-state index contributed by atoms with van der Waals surface area (Å²) in [6.45, 7) is 0. The second-order valence-corrected chi connectivity index (χ2v) is 16.6. The lowest BCUT2D eigenvalue weighted by molar-refractivity contribution is 0.593. The van der Waals surface area contributed by atoms with Gasteiger partial charge in [-0.15, -0.1) is 0 Å². The predicted molar refractivity (Wildman–Crippen MR) is 229 cm³/mol. The summed E-state index contributed by atoms with van der Waals surface area (Å²) in [6.07, 6.45) is 1.88. The molecule has 2 aromatic heterocycles. The van der Waals surface area contributed by atoms with Gasteiger partial charge in [0.1, 0.15) is 0 Å². The lowest BCUT2D eigenvalue weighted by Crippen LogP contribution is -2.26. The van der Waals surface area contributed by atoms with Gasteiger partial charge in [0.05, 0.1) is 16.7 Å². The van der Waals surface area contributed by atoms with Crippen LogP contribution in [0.4, 0.5) is 0 Å². The Morgan fingerprint density at radius 2 is 0.870 bits per heavy atom. The fraction of sp³-hybridized carbons (Fsp3) is 0. The second kappa shape index (κ2) is 11.9. The van der Waals surface area contributed by atoms with Crippen molar-refractivity contribution in [1.29, 1.82) is 0 Å². The number of fused-ring (bicyclic) bond motifs is 12. The molecule has 0 aliphatic heterocycles. The molecule has 0 spiro atoms. The molecule has 0 atom stereocenters. The number of nitrogens with zero attached hydrogens (tertiary/aromatic N) is 2. The van der Waals surface area contributed by atoms with Crippen LogP contribution < -0.4 is 15.9 Å². The lowest BCUT2D eigenvalue weighted by atomic mass is 9.87. The molecule has 0 aliphatic carbocycles. The van der Waals surface area contributed by atoms with Gasteiger partial charge in [-0.25, -0.2) is 4.98 Å². The summed E-state index contributed by atoms with van der Waals surface area (Å²) < 4.78 is 16.3. The van der Waals surface area contributed by atoms with E-state index in [4.69, 9.17) is 9.97 Å². The normalized spacial score (nSPS) is 12.1. The molecule has 11 rings (SSSR count). The van der Waals surface area contributed by atoms with Crippen molar-refractivity contribution < 1.29 is 4.57 Å². The van der Waals surface area contributed by atoms with Gasteiger partial charge in [-0.2, -0.15) is 0 Å². The van der Waals surface area contributed by atoms with Crippen LogP contribution in [0.5, 0.6) is 0 Å². The predicted octanol–water partition coefficient (Wildman–Crippen LogP) is 11.9. The maximum absolute atomic E-state index is 16.3. The quantitative estimate of drug-likeness (QED) is 0.104. The molecular formula is C50H31N2OP. The van der Waals surface area contributed by atoms with E-state index >= 15 is 4.57 Å². The van der Waals surface area contributed by atoms with E-state index in [-0.39, 0.29) is 0 Å². The molecule has 0 aliphatic rings. The summed E-state index contributed by atoms with van der Waals surface area (Å²) in [6, 6.07) is 62.8. The Bertz CT molecular complexity index is 3250. The third-order valence-electron chi connectivity index (χ3n) is 11.1. The van der Waals surface area contributed by atoms with E-state index in [1.807, 2.05) is 72.9 Å². The molecule has 0 amide bonds. The highest BCUT2D eigenvalue weighted by molar-refractivity contribution is 7.86. The minimum absolute atomic E-state index is 0.811. The first-order valence-corrected chi connectivity index (χ1v) is 20.0. The Labute approximate surface area is 311 Å². The van der Waals surface area contributed by atoms with E-state index in [0.717, 1.165) is 86.7 Å². The summed E-state index contributed by atoms with van der Waals surface area (Å²) in [5.74, 6) is 0. The van der Waals surface area contributed by atoms with Crippen LogP contribution in [-0.4, -0.2) is 9.97 Å². The SMILES string of the molecule is O=P(c1ccccc1)(c1ccccc1)c1c2ccccc2c(-c2nc3ccc4cccnc4c3c3c4ccccc4c4ccccc4c23)c2ccccc12. The van der Waals surface area contributed by atoms with Crippen molar-refractivity contribution in [2.45, 2.75) is 0 Å². The standard InChI is InChI=1S/C50H31N2OP/c53-54(33-17-3-1-4-18-33,34-19-5-2-6-20-34)50-41-27-13-11-25-39(41)44(40-26-12-14-28-42(40)50)49-46-38-24-10-8-22-36(38)35-21-7-9-23-37(35)45(46)47-43(52-49)30-29-32-16-15-31-51-48(32)47/h1-31H. The monoisotopic (exact) mass is 706 g/mol. The van der Waals surface area contributed by atoms with E-state index in [0.29, 0.717) is 0 Å². The van der Waals surface area contributed by atoms with Crippen molar-refractivity contribution in [1.82, 2.24) is 9.97 Å². The zero-order valence-electron chi connectivity index (χ0n) is 29.1. The average Bonchev–Trinajstić information content (AvgIpc) is 3.25. The van der Waals surface area contributed by atoms with Gasteiger partial charge in [0, 0.05) is 49.2 Å². The molecule has 9 aromatic carbocycles. The van der Waals surface area contributed by atoms with Crippen LogP contribution >= 0.6 is 7.14 Å². The van der Waals surface area contributed by atoms with Crippen molar-refractivity contribution in [3.05, 3.63) is 188 Å². The van der Waals surface area contributed by atoms with Crippen LogP contribution in [0.1, 0.15) is 0 Å². The zero-order chi connectivity index (χ0) is 35.8. The first kappa shape index (κ1) is 30.9. The minimum atomic E-state index is -3.39. The van der Waals surface area contributed by atoms with E-state index in [1.165, 1.54) is 16.2 Å². The lowest BCUT2D eigenvalue weighted by Gasteiger charge is -2.26. The molecule has 0 saturated carbocycles. The molecule has 4 heteroatoms. The Morgan fingerprint density at radius 3 is 1.44 bits per heavy atom. The highest BCUT2D eigenvalue weighted by atomic mass is 31.2. The Kier molecular flexibility index (Phi) is 6.83. The molecule has 54 heavy (non-hydrogen) atoms. The molecule has 3 nitrogen and oxygen atoms in total. The number of aromatic nitrogens is 2. The van der Waals surface area contributed by atoms with Gasteiger partial charge in [0.25, 0.3) is 0 Å². The molecule has 0 radical (unpaired) electrons. The first-order valence-electron chi connectivity index (χ1n) is 18.3.